The normalized spacial score (nSPS) is 11.0. The van der Waals surface area contributed by atoms with Crippen LogP contribution in [0.1, 0.15) is 27.9 Å². The Balaban J connectivity index is 2.18. The number of esters is 1. The maximum Gasteiger partial charge on any atom is 0.338 e. The van der Waals surface area contributed by atoms with Crippen LogP contribution in [0.15, 0.2) is 72.8 Å². The standard InChI is InChI=1S/C26H24O6/c1-30-23-13-10-19(16-24(23)31-2)20(12-14-25(27)28)18-9-11-21(17-7-5-4-6-8-17)22(15-18)26(29)32-3/h4-13,15-16H,14H2,1-3H3,(H,27,28). The van der Waals surface area contributed by atoms with E-state index in [2.05, 4.69) is 0 Å². The van der Waals surface area contributed by atoms with Gasteiger partial charge in [0.05, 0.1) is 33.3 Å². The third kappa shape index (κ3) is 4.98. The number of ether oxygens (including phenoxy) is 3. The van der Waals surface area contributed by atoms with Gasteiger partial charge < -0.3 is 19.3 Å². The van der Waals surface area contributed by atoms with E-state index >= 15 is 0 Å². The van der Waals surface area contributed by atoms with Gasteiger partial charge in [0.15, 0.2) is 11.5 Å². The topological polar surface area (TPSA) is 82.1 Å². The van der Waals surface area contributed by atoms with E-state index in [0.717, 1.165) is 16.7 Å². The van der Waals surface area contributed by atoms with Gasteiger partial charge >= 0.3 is 11.9 Å². The zero-order valence-corrected chi connectivity index (χ0v) is 18.1. The van der Waals surface area contributed by atoms with E-state index in [4.69, 9.17) is 14.2 Å². The van der Waals surface area contributed by atoms with Crippen LogP contribution in [0.2, 0.25) is 0 Å². The third-order valence-corrected chi connectivity index (χ3v) is 5.00. The molecule has 0 aromatic heterocycles. The van der Waals surface area contributed by atoms with E-state index in [1.54, 1.807) is 31.4 Å². The highest BCUT2D eigenvalue weighted by molar-refractivity contribution is 5.99. The fourth-order valence-corrected chi connectivity index (χ4v) is 3.46. The van der Waals surface area contributed by atoms with Crippen molar-refractivity contribution < 1.29 is 28.9 Å². The Morgan fingerprint density at radius 3 is 2.12 bits per heavy atom. The summed E-state index contributed by atoms with van der Waals surface area (Å²) in [6.45, 7) is 0. The SMILES string of the molecule is COC(=O)c1cc(C(=CCC(=O)O)c2ccc(OC)c(OC)c2)ccc1-c1ccccc1. The van der Waals surface area contributed by atoms with Crippen molar-refractivity contribution in [1.82, 2.24) is 0 Å². The summed E-state index contributed by atoms with van der Waals surface area (Å²) in [7, 11) is 4.41. The Hall–Kier alpha value is -4.06. The number of hydrogen-bond acceptors (Lipinski definition) is 5. The maximum atomic E-state index is 12.6. The summed E-state index contributed by atoms with van der Waals surface area (Å²) in [5, 5.41) is 9.25. The number of aliphatic carboxylic acids is 1. The Morgan fingerprint density at radius 1 is 0.844 bits per heavy atom. The Labute approximate surface area is 186 Å². The van der Waals surface area contributed by atoms with E-state index in [1.807, 2.05) is 48.5 Å². The number of rotatable bonds is 8. The van der Waals surface area contributed by atoms with Crippen LogP contribution in [0.5, 0.6) is 11.5 Å². The lowest BCUT2D eigenvalue weighted by molar-refractivity contribution is -0.136. The predicted octanol–water partition coefficient (Wildman–Crippen LogP) is 5.06. The number of hydrogen-bond donors (Lipinski definition) is 1. The number of methoxy groups -OCH3 is 3. The molecule has 6 heteroatoms. The first-order valence-corrected chi connectivity index (χ1v) is 9.91. The van der Waals surface area contributed by atoms with Gasteiger partial charge in [0.25, 0.3) is 0 Å². The molecule has 0 saturated heterocycles. The smallest absolute Gasteiger partial charge is 0.338 e. The summed E-state index contributed by atoms with van der Waals surface area (Å²) in [4.78, 5) is 23.9. The molecular formula is C26H24O6. The molecule has 32 heavy (non-hydrogen) atoms. The molecule has 3 rings (SSSR count). The van der Waals surface area contributed by atoms with Crippen LogP contribution in [0, 0.1) is 0 Å². The van der Waals surface area contributed by atoms with Crippen molar-refractivity contribution in [3.05, 3.63) is 89.5 Å². The number of carbonyl (C=O) groups excluding carboxylic acids is 1. The molecule has 0 unspecified atom stereocenters. The summed E-state index contributed by atoms with van der Waals surface area (Å²) in [5.41, 5.74) is 4.05. The molecular weight excluding hydrogens is 408 g/mol. The van der Waals surface area contributed by atoms with Crippen molar-refractivity contribution in [2.45, 2.75) is 6.42 Å². The largest absolute Gasteiger partial charge is 0.493 e. The van der Waals surface area contributed by atoms with Crippen LogP contribution < -0.4 is 9.47 Å². The van der Waals surface area contributed by atoms with Gasteiger partial charge in [-0.3, -0.25) is 4.79 Å². The van der Waals surface area contributed by atoms with Crippen LogP contribution in [-0.2, 0) is 9.53 Å². The first kappa shape index (κ1) is 22.6. The van der Waals surface area contributed by atoms with E-state index in [9.17, 15) is 14.7 Å². The minimum absolute atomic E-state index is 0.183. The van der Waals surface area contributed by atoms with Crippen LogP contribution >= 0.6 is 0 Å². The summed E-state index contributed by atoms with van der Waals surface area (Å²) in [5.74, 6) is -0.364. The zero-order chi connectivity index (χ0) is 23.1. The van der Waals surface area contributed by atoms with Crippen molar-refractivity contribution in [2.75, 3.05) is 21.3 Å². The van der Waals surface area contributed by atoms with Gasteiger partial charge in [-0.15, -0.1) is 0 Å². The van der Waals surface area contributed by atoms with Gasteiger partial charge in [0.2, 0.25) is 0 Å². The lowest BCUT2D eigenvalue weighted by atomic mass is 9.91. The van der Waals surface area contributed by atoms with Gasteiger partial charge in [-0.05, 0) is 46.0 Å². The summed E-state index contributed by atoms with van der Waals surface area (Å²) in [6.07, 6.45) is 1.43. The second-order valence-electron chi connectivity index (χ2n) is 6.90. The highest BCUT2D eigenvalue weighted by Crippen LogP contribution is 2.35. The molecule has 0 radical (unpaired) electrons. The monoisotopic (exact) mass is 432 g/mol. The molecule has 6 nitrogen and oxygen atoms in total. The van der Waals surface area contributed by atoms with E-state index < -0.39 is 11.9 Å². The molecule has 0 amide bonds. The molecule has 0 spiro atoms. The van der Waals surface area contributed by atoms with Crippen LogP contribution in [0.3, 0.4) is 0 Å². The number of carbonyl (C=O) groups is 2. The van der Waals surface area contributed by atoms with Gasteiger partial charge in [-0.2, -0.15) is 0 Å². The first-order valence-electron chi connectivity index (χ1n) is 9.91. The molecule has 3 aromatic carbocycles. The molecule has 0 aliphatic carbocycles. The second-order valence-corrected chi connectivity index (χ2v) is 6.90. The van der Waals surface area contributed by atoms with Crippen LogP contribution in [0.25, 0.3) is 16.7 Å². The van der Waals surface area contributed by atoms with Gasteiger partial charge in [0.1, 0.15) is 0 Å². The van der Waals surface area contributed by atoms with E-state index in [1.165, 1.54) is 14.2 Å². The number of benzene rings is 3. The van der Waals surface area contributed by atoms with Crippen molar-refractivity contribution >= 4 is 17.5 Å². The molecule has 0 atom stereocenters. The molecule has 1 N–H and O–H groups in total. The highest BCUT2D eigenvalue weighted by atomic mass is 16.5. The average Bonchev–Trinajstić information content (AvgIpc) is 2.83. The zero-order valence-electron chi connectivity index (χ0n) is 18.1. The summed E-state index contributed by atoms with van der Waals surface area (Å²) < 4.78 is 15.7. The molecule has 0 saturated carbocycles. The summed E-state index contributed by atoms with van der Waals surface area (Å²) in [6, 6.07) is 20.3. The average molecular weight is 432 g/mol. The molecule has 0 bridgehead atoms. The fraction of sp³-hybridized carbons (Fsp3) is 0.154. The fourth-order valence-electron chi connectivity index (χ4n) is 3.46. The number of carboxylic acid groups (broad SMARTS) is 1. The van der Waals surface area contributed by atoms with Crippen LogP contribution in [-0.4, -0.2) is 38.4 Å². The predicted molar refractivity (Wildman–Crippen MR) is 122 cm³/mol. The maximum absolute atomic E-state index is 12.6. The summed E-state index contributed by atoms with van der Waals surface area (Å²) >= 11 is 0. The van der Waals surface area contributed by atoms with Gasteiger partial charge in [-0.25, -0.2) is 4.79 Å². The molecule has 164 valence electrons. The quantitative estimate of drug-likeness (QED) is 0.501. The molecule has 3 aromatic rings. The lowest BCUT2D eigenvalue weighted by Gasteiger charge is -2.15. The first-order chi connectivity index (χ1) is 15.5. The van der Waals surface area contributed by atoms with Crippen molar-refractivity contribution in [3.8, 4) is 22.6 Å². The molecule has 0 aliphatic heterocycles. The van der Waals surface area contributed by atoms with E-state index in [0.29, 0.717) is 28.2 Å². The molecule has 0 aliphatic rings. The van der Waals surface area contributed by atoms with Crippen molar-refractivity contribution in [1.29, 1.82) is 0 Å². The van der Waals surface area contributed by atoms with E-state index in [-0.39, 0.29) is 6.42 Å². The Bertz CT molecular complexity index is 1150. The van der Waals surface area contributed by atoms with Gasteiger partial charge in [0, 0.05) is 0 Å². The molecule has 0 fully saturated rings. The van der Waals surface area contributed by atoms with Gasteiger partial charge in [-0.1, -0.05) is 54.6 Å². The van der Waals surface area contributed by atoms with Crippen LogP contribution in [0.4, 0.5) is 0 Å². The second kappa shape index (κ2) is 10.3. The molecule has 0 heterocycles. The minimum atomic E-state index is -0.961. The third-order valence-electron chi connectivity index (χ3n) is 5.00. The Kier molecular flexibility index (Phi) is 7.29. The highest BCUT2D eigenvalue weighted by Gasteiger charge is 2.17. The number of carboxylic acids is 1. The minimum Gasteiger partial charge on any atom is -0.493 e. The lowest BCUT2D eigenvalue weighted by Crippen LogP contribution is -2.05. The van der Waals surface area contributed by atoms with Crippen molar-refractivity contribution in [3.63, 3.8) is 0 Å². The van der Waals surface area contributed by atoms with Crippen molar-refractivity contribution in [2.24, 2.45) is 0 Å². The Morgan fingerprint density at radius 2 is 1.50 bits per heavy atom.